The summed E-state index contributed by atoms with van der Waals surface area (Å²) in [4.78, 5) is 11.7. The van der Waals surface area contributed by atoms with E-state index in [1.807, 2.05) is 17.5 Å². The molecule has 0 saturated heterocycles. The normalized spacial score (nSPS) is 11.6. The molecule has 102 valence electrons. The topological polar surface area (TPSA) is 88.4 Å². The standard InChI is InChI=1S/C11H12N2O4S2/c1-13-7-9(5-10(13)11(14)15)19(16,17)12-6-8-3-2-4-18-8/h2-5,7,12H,6H2,1H3,(H,14,15). The van der Waals surface area contributed by atoms with Gasteiger partial charge >= 0.3 is 5.97 Å². The Morgan fingerprint density at radius 1 is 1.53 bits per heavy atom. The summed E-state index contributed by atoms with van der Waals surface area (Å²) in [5.74, 6) is -1.16. The Hall–Kier alpha value is -1.64. The van der Waals surface area contributed by atoms with Crippen LogP contribution in [0.2, 0.25) is 0 Å². The van der Waals surface area contributed by atoms with Crippen molar-refractivity contribution in [2.45, 2.75) is 11.4 Å². The third-order valence-electron chi connectivity index (χ3n) is 2.53. The molecule has 0 unspecified atom stereocenters. The van der Waals surface area contributed by atoms with Crippen molar-refractivity contribution in [2.24, 2.45) is 7.05 Å². The number of nitrogens with one attached hydrogen (secondary N) is 1. The molecule has 0 bridgehead atoms. The first-order chi connectivity index (χ1) is 8.90. The zero-order valence-electron chi connectivity index (χ0n) is 10.0. The summed E-state index contributed by atoms with van der Waals surface area (Å²) in [6.07, 6.45) is 1.28. The van der Waals surface area contributed by atoms with E-state index in [0.29, 0.717) is 0 Å². The zero-order valence-corrected chi connectivity index (χ0v) is 11.7. The highest BCUT2D eigenvalue weighted by molar-refractivity contribution is 7.89. The maximum absolute atomic E-state index is 12.0. The van der Waals surface area contributed by atoms with Gasteiger partial charge in [0, 0.05) is 24.7 Å². The number of hydrogen-bond donors (Lipinski definition) is 2. The summed E-state index contributed by atoms with van der Waals surface area (Å²) >= 11 is 1.45. The fraction of sp³-hybridized carbons (Fsp3) is 0.182. The van der Waals surface area contributed by atoms with E-state index in [1.54, 1.807) is 0 Å². The molecular formula is C11H12N2O4S2. The predicted octanol–water partition coefficient (Wildman–Crippen LogP) is 1.26. The number of carboxylic acid groups (broad SMARTS) is 1. The van der Waals surface area contributed by atoms with Gasteiger partial charge in [-0.3, -0.25) is 0 Å². The number of rotatable bonds is 5. The average molecular weight is 300 g/mol. The van der Waals surface area contributed by atoms with Gasteiger partial charge in [-0.05, 0) is 17.5 Å². The molecule has 19 heavy (non-hydrogen) atoms. The van der Waals surface area contributed by atoms with Crippen molar-refractivity contribution in [3.8, 4) is 0 Å². The van der Waals surface area contributed by atoms with Crippen LogP contribution in [0, 0.1) is 0 Å². The van der Waals surface area contributed by atoms with Crippen molar-refractivity contribution < 1.29 is 18.3 Å². The molecule has 2 aromatic heterocycles. The number of hydrogen-bond acceptors (Lipinski definition) is 4. The van der Waals surface area contributed by atoms with Crippen molar-refractivity contribution in [1.82, 2.24) is 9.29 Å². The zero-order chi connectivity index (χ0) is 14.0. The van der Waals surface area contributed by atoms with Crippen LogP contribution in [0.4, 0.5) is 0 Å². The summed E-state index contributed by atoms with van der Waals surface area (Å²) < 4.78 is 27.7. The first-order valence-electron chi connectivity index (χ1n) is 5.32. The van der Waals surface area contributed by atoms with E-state index in [2.05, 4.69) is 4.72 Å². The summed E-state index contributed by atoms with van der Waals surface area (Å²) in [5, 5.41) is 10.7. The summed E-state index contributed by atoms with van der Waals surface area (Å²) in [7, 11) is -2.21. The molecule has 0 spiro atoms. The van der Waals surface area contributed by atoms with Gasteiger partial charge in [-0.15, -0.1) is 11.3 Å². The Morgan fingerprint density at radius 2 is 2.26 bits per heavy atom. The Bertz CT molecular complexity index is 686. The van der Waals surface area contributed by atoms with E-state index in [4.69, 9.17) is 5.11 Å². The third kappa shape index (κ3) is 3.03. The fourth-order valence-corrected chi connectivity index (χ4v) is 3.37. The van der Waals surface area contributed by atoms with Crippen LogP contribution in [-0.2, 0) is 23.6 Å². The molecule has 0 aromatic carbocycles. The number of aromatic nitrogens is 1. The van der Waals surface area contributed by atoms with Gasteiger partial charge in [-0.1, -0.05) is 6.07 Å². The minimum absolute atomic E-state index is 0.0519. The molecule has 8 heteroatoms. The van der Waals surface area contributed by atoms with Crippen LogP contribution in [0.5, 0.6) is 0 Å². The molecule has 0 fully saturated rings. The van der Waals surface area contributed by atoms with Crippen LogP contribution < -0.4 is 4.72 Å². The van der Waals surface area contributed by atoms with Crippen molar-refractivity contribution in [3.05, 3.63) is 40.3 Å². The lowest BCUT2D eigenvalue weighted by Gasteiger charge is -2.02. The smallest absolute Gasteiger partial charge is 0.352 e. The van der Waals surface area contributed by atoms with Gasteiger partial charge in [0.25, 0.3) is 0 Å². The summed E-state index contributed by atoms with van der Waals surface area (Å²) in [6.45, 7) is 0.192. The minimum Gasteiger partial charge on any atom is -0.477 e. The van der Waals surface area contributed by atoms with E-state index >= 15 is 0 Å². The minimum atomic E-state index is -3.70. The van der Waals surface area contributed by atoms with Crippen LogP contribution in [0.1, 0.15) is 15.4 Å². The summed E-state index contributed by atoms with van der Waals surface area (Å²) in [5.41, 5.74) is -0.0727. The van der Waals surface area contributed by atoms with Crippen LogP contribution in [0.15, 0.2) is 34.7 Å². The highest BCUT2D eigenvalue weighted by atomic mass is 32.2. The Labute approximate surface area is 114 Å². The number of carboxylic acids is 1. The molecule has 2 N–H and O–H groups in total. The molecule has 2 aromatic rings. The van der Waals surface area contributed by atoms with Crippen molar-refractivity contribution in [3.63, 3.8) is 0 Å². The first kappa shape index (κ1) is 13.8. The Balaban J connectivity index is 2.20. The average Bonchev–Trinajstić information content (AvgIpc) is 2.95. The van der Waals surface area contributed by atoms with Crippen molar-refractivity contribution in [1.29, 1.82) is 0 Å². The SMILES string of the molecule is Cn1cc(S(=O)(=O)NCc2cccs2)cc1C(=O)O. The molecule has 6 nitrogen and oxygen atoms in total. The van der Waals surface area contributed by atoms with Crippen LogP contribution >= 0.6 is 11.3 Å². The number of aryl methyl sites for hydroxylation is 1. The molecule has 0 aliphatic heterocycles. The summed E-state index contributed by atoms with van der Waals surface area (Å²) in [6, 6.07) is 4.79. The van der Waals surface area contributed by atoms with E-state index in [9.17, 15) is 13.2 Å². The van der Waals surface area contributed by atoms with Crippen LogP contribution in [0.3, 0.4) is 0 Å². The van der Waals surface area contributed by atoms with E-state index < -0.39 is 16.0 Å². The maximum Gasteiger partial charge on any atom is 0.352 e. The monoisotopic (exact) mass is 300 g/mol. The van der Waals surface area contributed by atoms with Gasteiger partial charge in [0.15, 0.2) is 0 Å². The third-order valence-corrected chi connectivity index (χ3v) is 4.77. The maximum atomic E-state index is 12.0. The second kappa shape index (κ2) is 5.16. The fourth-order valence-electron chi connectivity index (χ4n) is 1.56. The number of nitrogens with zero attached hydrogens (tertiary/aromatic N) is 1. The van der Waals surface area contributed by atoms with Crippen LogP contribution in [-0.4, -0.2) is 24.1 Å². The van der Waals surface area contributed by atoms with Gasteiger partial charge in [0.05, 0.1) is 0 Å². The Morgan fingerprint density at radius 3 is 2.79 bits per heavy atom. The second-order valence-corrected chi connectivity index (χ2v) is 6.68. The number of thiophene rings is 1. The van der Waals surface area contributed by atoms with Crippen LogP contribution in [0.25, 0.3) is 0 Å². The second-order valence-electron chi connectivity index (χ2n) is 3.88. The van der Waals surface area contributed by atoms with Gasteiger partial charge < -0.3 is 9.67 Å². The van der Waals surface area contributed by atoms with E-state index in [0.717, 1.165) is 10.9 Å². The molecule has 0 aliphatic rings. The first-order valence-corrected chi connectivity index (χ1v) is 7.68. The lowest BCUT2D eigenvalue weighted by Crippen LogP contribution is -2.22. The van der Waals surface area contributed by atoms with E-state index in [-0.39, 0.29) is 17.1 Å². The molecule has 0 saturated carbocycles. The molecule has 0 aliphatic carbocycles. The molecule has 2 rings (SSSR count). The van der Waals surface area contributed by atoms with Crippen molar-refractivity contribution in [2.75, 3.05) is 0 Å². The number of carbonyl (C=O) groups is 1. The molecule has 2 heterocycles. The predicted molar refractivity (Wildman–Crippen MR) is 70.7 cm³/mol. The lowest BCUT2D eigenvalue weighted by molar-refractivity contribution is 0.0686. The van der Waals surface area contributed by atoms with Gasteiger partial charge in [0.2, 0.25) is 10.0 Å². The number of sulfonamides is 1. The molecule has 0 amide bonds. The van der Waals surface area contributed by atoms with E-state index in [1.165, 1.54) is 29.1 Å². The van der Waals surface area contributed by atoms with Gasteiger partial charge in [-0.25, -0.2) is 17.9 Å². The van der Waals surface area contributed by atoms with Crippen molar-refractivity contribution >= 4 is 27.3 Å². The van der Waals surface area contributed by atoms with Gasteiger partial charge in [-0.2, -0.15) is 0 Å². The molecule has 0 atom stereocenters. The largest absolute Gasteiger partial charge is 0.477 e. The number of aromatic carboxylic acids is 1. The Kier molecular flexibility index (Phi) is 3.74. The molecular weight excluding hydrogens is 288 g/mol. The van der Waals surface area contributed by atoms with Gasteiger partial charge in [0.1, 0.15) is 10.6 Å². The highest BCUT2D eigenvalue weighted by Gasteiger charge is 2.19. The molecule has 0 radical (unpaired) electrons. The lowest BCUT2D eigenvalue weighted by atomic mass is 10.4. The highest BCUT2D eigenvalue weighted by Crippen LogP contribution is 2.15. The quantitative estimate of drug-likeness (QED) is 0.870.